The normalized spacial score (nSPS) is 13.3. The molecule has 1 unspecified atom stereocenters. The van der Waals surface area contributed by atoms with Crippen molar-refractivity contribution in [3.63, 3.8) is 0 Å². The molecule has 0 aliphatic heterocycles. The van der Waals surface area contributed by atoms with E-state index in [2.05, 4.69) is 0 Å². The standard InChI is InChI=1S/C4H10O2.H3O4P/c1-2-4(6)3-5;1-5(2,3)4/h4-6H,2-3H2,1H3;(H3,1,2,3,4). The summed E-state index contributed by atoms with van der Waals surface area (Å²) >= 11 is 0. The second-order valence-corrected chi connectivity index (χ2v) is 2.78. The highest BCUT2D eigenvalue weighted by molar-refractivity contribution is 7.45. The molecular formula is C4H13O6P. The first-order chi connectivity index (χ1) is 4.81. The lowest BCUT2D eigenvalue weighted by molar-refractivity contribution is 0.0923. The summed E-state index contributed by atoms with van der Waals surface area (Å²) in [7, 11) is -4.64. The minimum Gasteiger partial charge on any atom is -0.394 e. The smallest absolute Gasteiger partial charge is 0.394 e. The zero-order valence-electron chi connectivity index (χ0n) is 6.08. The molecule has 0 aliphatic rings. The predicted octanol–water partition coefficient (Wildman–Crippen LogP) is -1.18. The van der Waals surface area contributed by atoms with Crippen LogP contribution in [-0.2, 0) is 4.57 Å². The Balaban J connectivity index is 0. The van der Waals surface area contributed by atoms with E-state index in [1.807, 2.05) is 6.92 Å². The van der Waals surface area contributed by atoms with Gasteiger partial charge in [0.1, 0.15) is 0 Å². The van der Waals surface area contributed by atoms with E-state index in [9.17, 15) is 0 Å². The third kappa shape index (κ3) is 39.8. The van der Waals surface area contributed by atoms with Gasteiger partial charge in [0.2, 0.25) is 0 Å². The molecule has 0 amide bonds. The summed E-state index contributed by atoms with van der Waals surface area (Å²) in [5.41, 5.74) is 0. The summed E-state index contributed by atoms with van der Waals surface area (Å²) in [4.78, 5) is 21.6. The van der Waals surface area contributed by atoms with Gasteiger partial charge >= 0.3 is 7.82 Å². The number of hydrogen-bond donors (Lipinski definition) is 5. The first-order valence-corrected chi connectivity index (χ1v) is 4.45. The maximum absolute atomic E-state index is 8.88. The lowest BCUT2D eigenvalue weighted by Gasteiger charge is -1.97. The van der Waals surface area contributed by atoms with E-state index < -0.39 is 13.9 Å². The Bertz CT molecular complexity index is 107. The van der Waals surface area contributed by atoms with Crippen LogP contribution in [0.15, 0.2) is 0 Å². The van der Waals surface area contributed by atoms with Gasteiger partial charge in [-0.3, -0.25) is 0 Å². The predicted molar refractivity (Wildman–Crippen MR) is 37.6 cm³/mol. The van der Waals surface area contributed by atoms with Gasteiger partial charge in [-0.15, -0.1) is 0 Å². The van der Waals surface area contributed by atoms with Crippen LogP contribution in [0.4, 0.5) is 0 Å². The second kappa shape index (κ2) is 6.72. The molecule has 0 saturated heterocycles. The highest BCUT2D eigenvalue weighted by atomic mass is 31.2. The molecule has 7 heteroatoms. The van der Waals surface area contributed by atoms with Gasteiger partial charge in [-0.25, -0.2) is 4.57 Å². The molecule has 0 aromatic heterocycles. The van der Waals surface area contributed by atoms with Crippen molar-refractivity contribution >= 4 is 7.82 Å². The third-order valence-electron chi connectivity index (χ3n) is 0.682. The molecule has 0 fully saturated rings. The Kier molecular flexibility index (Phi) is 8.32. The molecule has 0 rings (SSSR count). The Hall–Kier alpha value is 0.0300. The van der Waals surface area contributed by atoms with Crippen LogP contribution in [-0.4, -0.2) is 37.6 Å². The van der Waals surface area contributed by atoms with Gasteiger partial charge in [0.05, 0.1) is 12.7 Å². The van der Waals surface area contributed by atoms with E-state index in [0.29, 0.717) is 6.42 Å². The van der Waals surface area contributed by atoms with Gasteiger partial charge in [0.25, 0.3) is 0 Å². The average Bonchev–Trinajstić information content (AvgIpc) is 1.83. The first-order valence-electron chi connectivity index (χ1n) is 2.88. The van der Waals surface area contributed by atoms with E-state index >= 15 is 0 Å². The van der Waals surface area contributed by atoms with Crippen molar-refractivity contribution in [1.29, 1.82) is 0 Å². The fourth-order valence-electron chi connectivity index (χ4n) is 0.129. The van der Waals surface area contributed by atoms with E-state index in [0.717, 1.165) is 0 Å². The zero-order chi connectivity index (χ0) is 9.49. The highest BCUT2D eigenvalue weighted by Crippen LogP contribution is 2.25. The van der Waals surface area contributed by atoms with Crippen molar-refractivity contribution in [3.8, 4) is 0 Å². The van der Waals surface area contributed by atoms with Gasteiger partial charge < -0.3 is 24.9 Å². The van der Waals surface area contributed by atoms with Crippen molar-refractivity contribution in [3.05, 3.63) is 0 Å². The minimum atomic E-state index is -4.64. The number of rotatable bonds is 2. The molecule has 6 nitrogen and oxygen atoms in total. The summed E-state index contributed by atoms with van der Waals surface area (Å²) in [6, 6.07) is 0. The molecule has 0 spiro atoms. The fourth-order valence-corrected chi connectivity index (χ4v) is 0.129. The summed E-state index contributed by atoms with van der Waals surface area (Å²) in [5, 5.41) is 16.5. The maximum Gasteiger partial charge on any atom is 0.466 e. The molecule has 11 heavy (non-hydrogen) atoms. The van der Waals surface area contributed by atoms with Crippen molar-refractivity contribution in [2.45, 2.75) is 19.4 Å². The Labute approximate surface area is 64.4 Å². The van der Waals surface area contributed by atoms with Crippen LogP contribution in [0.5, 0.6) is 0 Å². The lowest BCUT2D eigenvalue weighted by Crippen LogP contribution is -2.08. The number of aliphatic hydroxyl groups excluding tert-OH is 2. The van der Waals surface area contributed by atoms with Gasteiger partial charge in [-0.1, -0.05) is 6.92 Å². The minimum absolute atomic E-state index is 0.115. The van der Waals surface area contributed by atoms with Crippen LogP contribution in [0.25, 0.3) is 0 Å². The number of hydrogen-bond acceptors (Lipinski definition) is 3. The van der Waals surface area contributed by atoms with Crippen molar-refractivity contribution < 1.29 is 29.5 Å². The summed E-state index contributed by atoms with van der Waals surface area (Å²) < 4.78 is 8.88. The molecule has 0 aromatic carbocycles. The summed E-state index contributed by atoms with van der Waals surface area (Å²) in [6.45, 7) is 1.71. The monoisotopic (exact) mass is 188 g/mol. The van der Waals surface area contributed by atoms with Crippen LogP contribution >= 0.6 is 7.82 Å². The maximum atomic E-state index is 8.88. The Morgan fingerprint density at radius 2 is 1.64 bits per heavy atom. The molecule has 0 radical (unpaired) electrons. The van der Waals surface area contributed by atoms with E-state index in [4.69, 9.17) is 29.5 Å². The molecule has 1 atom stereocenters. The molecule has 5 N–H and O–H groups in total. The summed E-state index contributed by atoms with van der Waals surface area (Å²) in [6.07, 6.45) is 0.126. The number of phosphoric acid groups is 1. The van der Waals surface area contributed by atoms with Crippen molar-refractivity contribution in [2.24, 2.45) is 0 Å². The highest BCUT2D eigenvalue weighted by Gasteiger charge is 2.00. The topological polar surface area (TPSA) is 118 Å². The quantitative estimate of drug-likeness (QED) is 0.348. The van der Waals surface area contributed by atoms with Crippen LogP contribution in [0.1, 0.15) is 13.3 Å². The Morgan fingerprint density at radius 3 is 1.64 bits per heavy atom. The molecule has 0 aliphatic carbocycles. The average molecular weight is 188 g/mol. The van der Waals surface area contributed by atoms with Crippen LogP contribution < -0.4 is 0 Å². The van der Waals surface area contributed by atoms with Gasteiger partial charge in [0.15, 0.2) is 0 Å². The van der Waals surface area contributed by atoms with Gasteiger partial charge in [-0.2, -0.15) is 0 Å². The molecule has 0 heterocycles. The number of aliphatic hydroxyl groups is 2. The van der Waals surface area contributed by atoms with E-state index in [1.165, 1.54) is 0 Å². The van der Waals surface area contributed by atoms with Gasteiger partial charge in [0, 0.05) is 0 Å². The second-order valence-electron chi connectivity index (χ2n) is 1.76. The first kappa shape index (κ1) is 13.6. The van der Waals surface area contributed by atoms with Crippen molar-refractivity contribution in [2.75, 3.05) is 6.61 Å². The molecule has 0 saturated carbocycles. The largest absolute Gasteiger partial charge is 0.466 e. The zero-order valence-corrected chi connectivity index (χ0v) is 6.98. The fraction of sp³-hybridized carbons (Fsp3) is 1.00. The van der Waals surface area contributed by atoms with Crippen LogP contribution in [0.3, 0.4) is 0 Å². The van der Waals surface area contributed by atoms with Crippen LogP contribution in [0.2, 0.25) is 0 Å². The van der Waals surface area contributed by atoms with Gasteiger partial charge in [-0.05, 0) is 6.42 Å². The molecule has 0 bridgehead atoms. The third-order valence-corrected chi connectivity index (χ3v) is 0.682. The molecule has 70 valence electrons. The van der Waals surface area contributed by atoms with Crippen molar-refractivity contribution in [1.82, 2.24) is 0 Å². The van der Waals surface area contributed by atoms with E-state index in [1.54, 1.807) is 0 Å². The van der Waals surface area contributed by atoms with E-state index in [-0.39, 0.29) is 6.61 Å². The lowest BCUT2D eigenvalue weighted by atomic mass is 10.3. The summed E-state index contributed by atoms with van der Waals surface area (Å²) in [5.74, 6) is 0. The molecule has 0 aromatic rings. The van der Waals surface area contributed by atoms with Crippen LogP contribution in [0, 0.1) is 0 Å². The SMILES string of the molecule is CCC(O)CO.O=P(O)(O)O. The Morgan fingerprint density at radius 1 is 1.36 bits per heavy atom. The molecular weight excluding hydrogens is 175 g/mol.